The van der Waals surface area contributed by atoms with E-state index in [-0.39, 0.29) is 11.7 Å². The van der Waals surface area contributed by atoms with E-state index in [1.807, 2.05) is 54.1 Å². The Morgan fingerprint density at radius 3 is 2.61 bits per heavy atom. The highest BCUT2D eigenvalue weighted by atomic mass is 32.2. The van der Waals surface area contributed by atoms with Gasteiger partial charge in [-0.3, -0.25) is 9.36 Å². The Balaban J connectivity index is 1.52. The van der Waals surface area contributed by atoms with Crippen LogP contribution in [-0.4, -0.2) is 27.2 Å². The van der Waals surface area contributed by atoms with Gasteiger partial charge < -0.3 is 16.4 Å². The number of imidazole rings is 1. The number of carbonyl (C=O) groups is 2. The van der Waals surface area contributed by atoms with Gasteiger partial charge in [0.2, 0.25) is 5.91 Å². The second kappa shape index (κ2) is 9.09. The quantitative estimate of drug-likeness (QED) is 0.535. The van der Waals surface area contributed by atoms with Gasteiger partial charge in [0, 0.05) is 24.6 Å². The molecule has 1 aromatic heterocycles. The summed E-state index contributed by atoms with van der Waals surface area (Å²) in [6, 6.07) is 14.5. The Hall–Kier alpha value is -3.26. The minimum absolute atomic E-state index is 0.0799. The van der Waals surface area contributed by atoms with E-state index >= 15 is 0 Å². The largest absolute Gasteiger partial charge is 0.351 e. The SMILES string of the molecule is Cc1ccccc1-n1ccnc1SCC(=O)NCc1ccc(NC(N)=O)cc1. The minimum Gasteiger partial charge on any atom is -0.351 e. The number of amides is 3. The molecule has 0 radical (unpaired) electrons. The standard InChI is InChI=1S/C20H21N5O2S/c1-14-4-2-3-5-17(14)25-11-10-22-20(25)28-13-18(26)23-12-15-6-8-16(9-7-15)24-19(21)27/h2-11H,12-13H2,1H3,(H,23,26)(H3,21,24,27). The van der Waals surface area contributed by atoms with Crippen molar-refractivity contribution in [2.45, 2.75) is 18.6 Å². The number of rotatable bonds is 7. The molecule has 0 atom stereocenters. The van der Waals surface area contributed by atoms with Crippen LogP contribution in [0.25, 0.3) is 5.69 Å². The second-order valence-corrected chi connectivity index (χ2v) is 7.06. The highest BCUT2D eigenvalue weighted by molar-refractivity contribution is 7.99. The molecule has 144 valence electrons. The zero-order valence-corrected chi connectivity index (χ0v) is 16.2. The third-order valence-corrected chi connectivity index (χ3v) is 4.99. The normalized spacial score (nSPS) is 10.5. The van der Waals surface area contributed by atoms with Crippen LogP contribution < -0.4 is 16.4 Å². The van der Waals surface area contributed by atoms with Crippen molar-refractivity contribution in [2.75, 3.05) is 11.1 Å². The summed E-state index contributed by atoms with van der Waals surface area (Å²) in [5, 5.41) is 6.15. The molecular formula is C20H21N5O2S. The van der Waals surface area contributed by atoms with Gasteiger partial charge in [0.1, 0.15) is 0 Å². The van der Waals surface area contributed by atoms with E-state index in [1.165, 1.54) is 11.8 Å². The first-order chi connectivity index (χ1) is 13.5. The summed E-state index contributed by atoms with van der Waals surface area (Å²) in [5.74, 6) is 0.188. The number of aryl methyl sites for hydroxylation is 1. The molecule has 0 aliphatic carbocycles. The van der Waals surface area contributed by atoms with Crippen molar-refractivity contribution >= 4 is 29.4 Å². The number of para-hydroxylation sites is 1. The fourth-order valence-corrected chi connectivity index (χ4v) is 3.44. The van der Waals surface area contributed by atoms with Crippen LogP contribution in [0.3, 0.4) is 0 Å². The van der Waals surface area contributed by atoms with Crippen LogP contribution in [0.4, 0.5) is 10.5 Å². The average molecular weight is 395 g/mol. The first kappa shape index (κ1) is 19.5. The van der Waals surface area contributed by atoms with Crippen molar-refractivity contribution in [1.82, 2.24) is 14.9 Å². The molecule has 0 fully saturated rings. The zero-order chi connectivity index (χ0) is 19.9. The lowest BCUT2D eigenvalue weighted by atomic mass is 10.2. The molecule has 2 aromatic carbocycles. The molecule has 7 nitrogen and oxygen atoms in total. The van der Waals surface area contributed by atoms with Gasteiger partial charge in [-0.15, -0.1) is 0 Å². The third kappa shape index (κ3) is 5.14. The maximum Gasteiger partial charge on any atom is 0.316 e. The summed E-state index contributed by atoms with van der Waals surface area (Å²) in [6.45, 7) is 2.45. The van der Waals surface area contributed by atoms with Gasteiger partial charge in [0.05, 0.1) is 11.4 Å². The monoisotopic (exact) mass is 395 g/mol. The average Bonchev–Trinajstić information content (AvgIpc) is 3.14. The Labute approximate surface area is 167 Å². The maximum atomic E-state index is 12.2. The number of benzene rings is 2. The lowest BCUT2D eigenvalue weighted by Gasteiger charge is -2.10. The lowest BCUT2D eigenvalue weighted by Crippen LogP contribution is -2.24. The Kier molecular flexibility index (Phi) is 6.33. The Bertz CT molecular complexity index is 969. The maximum absolute atomic E-state index is 12.2. The number of carbonyl (C=O) groups excluding carboxylic acids is 2. The highest BCUT2D eigenvalue weighted by Gasteiger charge is 2.10. The topological polar surface area (TPSA) is 102 Å². The summed E-state index contributed by atoms with van der Waals surface area (Å²) in [4.78, 5) is 27.4. The predicted molar refractivity (Wildman–Crippen MR) is 111 cm³/mol. The summed E-state index contributed by atoms with van der Waals surface area (Å²) < 4.78 is 1.98. The number of nitrogens with one attached hydrogen (secondary N) is 2. The number of nitrogens with zero attached hydrogens (tertiary/aromatic N) is 2. The second-order valence-electron chi connectivity index (χ2n) is 6.12. The van der Waals surface area contributed by atoms with Crippen LogP contribution in [0.5, 0.6) is 0 Å². The van der Waals surface area contributed by atoms with Crippen LogP contribution in [0.15, 0.2) is 66.1 Å². The molecule has 1 heterocycles. The molecule has 8 heteroatoms. The number of urea groups is 1. The Morgan fingerprint density at radius 1 is 1.14 bits per heavy atom. The Morgan fingerprint density at radius 2 is 1.89 bits per heavy atom. The predicted octanol–water partition coefficient (Wildman–Crippen LogP) is 3.08. The van der Waals surface area contributed by atoms with E-state index in [1.54, 1.807) is 18.3 Å². The zero-order valence-electron chi connectivity index (χ0n) is 15.4. The molecule has 0 aliphatic heterocycles. The van der Waals surface area contributed by atoms with Crippen molar-refractivity contribution in [2.24, 2.45) is 5.73 Å². The number of aromatic nitrogens is 2. The first-order valence-electron chi connectivity index (χ1n) is 8.67. The minimum atomic E-state index is -0.609. The molecule has 0 bridgehead atoms. The molecule has 0 saturated carbocycles. The lowest BCUT2D eigenvalue weighted by molar-refractivity contribution is -0.118. The van der Waals surface area contributed by atoms with Gasteiger partial charge in [-0.25, -0.2) is 9.78 Å². The third-order valence-electron chi connectivity index (χ3n) is 4.03. The van der Waals surface area contributed by atoms with Crippen LogP contribution >= 0.6 is 11.8 Å². The molecule has 0 saturated heterocycles. The summed E-state index contributed by atoms with van der Waals surface area (Å²) in [7, 11) is 0. The summed E-state index contributed by atoms with van der Waals surface area (Å²) in [5.41, 5.74) is 8.80. The van der Waals surface area contributed by atoms with Gasteiger partial charge in [0.15, 0.2) is 5.16 Å². The van der Waals surface area contributed by atoms with Crippen molar-refractivity contribution in [3.63, 3.8) is 0 Å². The van der Waals surface area contributed by atoms with Crippen molar-refractivity contribution < 1.29 is 9.59 Å². The van der Waals surface area contributed by atoms with Gasteiger partial charge in [-0.1, -0.05) is 42.1 Å². The van der Waals surface area contributed by atoms with Gasteiger partial charge in [-0.05, 0) is 36.2 Å². The number of thioether (sulfide) groups is 1. The van der Waals surface area contributed by atoms with E-state index in [9.17, 15) is 9.59 Å². The van der Waals surface area contributed by atoms with Gasteiger partial charge >= 0.3 is 6.03 Å². The molecule has 3 aromatic rings. The first-order valence-corrected chi connectivity index (χ1v) is 9.66. The van der Waals surface area contributed by atoms with Crippen molar-refractivity contribution in [3.8, 4) is 5.69 Å². The molecule has 3 amide bonds. The number of hydrogen-bond donors (Lipinski definition) is 3. The fourth-order valence-electron chi connectivity index (χ4n) is 2.64. The molecule has 3 rings (SSSR count). The number of hydrogen-bond acceptors (Lipinski definition) is 4. The van der Waals surface area contributed by atoms with E-state index in [4.69, 9.17) is 5.73 Å². The molecule has 4 N–H and O–H groups in total. The number of primary amides is 1. The van der Waals surface area contributed by atoms with Crippen LogP contribution in [0.1, 0.15) is 11.1 Å². The van der Waals surface area contributed by atoms with Crippen LogP contribution in [-0.2, 0) is 11.3 Å². The molecule has 0 spiro atoms. The fraction of sp³-hybridized carbons (Fsp3) is 0.150. The van der Waals surface area contributed by atoms with E-state index < -0.39 is 6.03 Å². The highest BCUT2D eigenvalue weighted by Crippen LogP contribution is 2.22. The smallest absolute Gasteiger partial charge is 0.316 e. The van der Waals surface area contributed by atoms with Crippen molar-refractivity contribution in [1.29, 1.82) is 0 Å². The van der Waals surface area contributed by atoms with E-state index in [0.717, 1.165) is 22.0 Å². The molecule has 0 unspecified atom stereocenters. The molecule has 0 aliphatic rings. The van der Waals surface area contributed by atoms with Crippen LogP contribution in [0, 0.1) is 6.92 Å². The number of nitrogens with two attached hydrogens (primary N) is 1. The van der Waals surface area contributed by atoms with Crippen molar-refractivity contribution in [3.05, 3.63) is 72.1 Å². The van der Waals surface area contributed by atoms with Gasteiger partial charge in [0.25, 0.3) is 0 Å². The molecular weight excluding hydrogens is 374 g/mol. The van der Waals surface area contributed by atoms with E-state index in [0.29, 0.717) is 12.2 Å². The van der Waals surface area contributed by atoms with Gasteiger partial charge in [-0.2, -0.15) is 0 Å². The number of anilines is 1. The van der Waals surface area contributed by atoms with E-state index in [2.05, 4.69) is 15.6 Å². The van der Waals surface area contributed by atoms with Crippen LogP contribution in [0.2, 0.25) is 0 Å². The molecule has 28 heavy (non-hydrogen) atoms. The summed E-state index contributed by atoms with van der Waals surface area (Å²) in [6.07, 6.45) is 3.62. The summed E-state index contributed by atoms with van der Waals surface area (Å²) >= 11 is 1.39.